The van der Waals surface area contributed by atoms with Gasteiger partial charge in [0.25, 0.3) is 0 Å². The highest BCUT2D eigenvalue weighted by Crippen LogP contribution is 2.37. The number of hydrogen-bond donors (Lipinski definition) is 0. The van der Waals surface area contributed by atoms with Crippen LogP contribution in [0.3, 0.4) is 0 Å². The predicted octanol–water partition coefficient (Wildman–Crippen LogP) is 7.35. The number of rotatable bonds is 9. The van der Waals surface area contributed by atoms with E-state index in [4.69, 9.17) is 4.74 Å². The lowest BCUT2D eigenvalue weighted by Gasteiger charge is -2.52. The maximum absolute atomic E-state index is 14.0. The summed E-state index contributed by atoms with van der Waals surface area (Å²) < 4.78 is 48.5. The van der Waals surface area contributed by atoms with Gasteiger partial charge in [0.05, 0.1) is 26.2 Å². The average molecular weight is 556 g/mol. The van der Waals surface area contributed by atoms with Crippen molar-refractivity contribution in [2.75, 3.05) is 36.8 Å². The fourth-order valence-corrected chi connectivity index (χ4v) is 6.76. The van der Waals surface area contributed by atoms with Crippen molar-refractivity contribution in [3.8, 4) is 0 Å². The zero-order chi connectivity index (χ0) is 27.4. The lowest BCUT2D eigenvalue weighted by molar-refractivity contribution is -0.946. The molecule has 6 rings (SSSR count). The molecule has 3 aliphatic heterocycles. The van der Waals surface area contributed by atoms with E-state index in [2.05, 4.69) is 0 Å². The predicted molar refractivity (Wildman–Crippen MR) is 148 cm³/mol. The van der Waals surface area contributed by atoms with Crippen LogP contribution in [0.15, 0.2) is 71.6 Å². The minimum atomic E-state index is -0.943. The number of carbonyl (C=O) groups is 1. The number of ether oxygens (including phenoxy) is 1. The molecular weight excluding hydrogens is 521 g/mol. The van der Waals surface area contributed by atoms with Crippen molar-refractivity contribution in [2.45, 2.75) is 43.7 Å². The number of nitrogens with zero attached hydrogens (tertiary/aromatic N) is 2. The lowest BCUT2D eigenvalue weighted by Crippen LogP contribution is -2.65. The number of aryl methyl sites for hydroxylation is 1. The first kappa shape index (κ1) is 27.6. The molecule has 8 heteroatoms. The summed E-state index contributed by atoms with van der Waals surface area (Å²) in [6.45, 7) is 5.89. The van der Waals surface area contributed by atoms with Crippen molar-refractivity contribution in [1.29, 1.82) is 0 Å². The van der Waals surface area contributed by atoms with Crippen molar-refractivity contribution < 1.29 is 27.2 Å². The molecule has 3 aromatic carbocycles. The standard InChI is InChI=1S/C31H34F3N2O2S/c1-22-6-4-7-25(18-22)35(20-23-10-11-26(32)28(34)19-23)31(37)38-29-21-36(15-12-24(29)13-16-36)14-5-17-39-30-9-3-2-8-27(30)33/h2-4,6-11,18-19,24,29H,5,12-17,20-21H2,1H3/q+1/t24?,29-,36?/m0/s1. The van der Waals surface area contributed by atoms with Crippen LogP contribution in [0.1, 0.15) is 30.4 Å². The number of fused-ring (bicyclic) bond motifs is 3. The third-order valence-corrected chi connectivity index (χ3v) is 9.16. The van der Waals surface area contributed by atoms with Gasteiger partial charge >= 0.3 is 6.09 Å². The maximum atomic E-state index is 14.0. The fraction of sp³-hybridized carbons (Fsp3) is 0.387. The van der Waals surface area contributed by atoms with E-state index >= 15 is 0 Å². The Morgan fingerprint density at radius 3 is 2.51 bits per heavy atom. The van der Waals surface area contributed by atoms with Crippen molar-refractivity contribution in [3.63, 3.8) is 0 Å². The lowest BCUT2D eigenvalue weighted by atomic mass is 9.83. The molecular formula is C31H34F3N2O2S+. The largest absolute Gasteiger partial charge is 0.440 e. The van der Waals surface area contributed by atoms with E-state index in [0.29, 0.717) is 22.1 Å². The van der Waals surface area contributed by atoms with Gasteiger partial charge in [-0.05, 0) is 54.4 Å². The second-order valence-electron chi connectivity index (χ2n) is 10.8. The van der Waals surface area contributed by atoms with Crippen LogP contribution in [-0.4, -0.2) is 48.6 Å². The third kappa shape index (κ3) is 6.61. The smallest absolute Gasteiger partial charge is 0.415 e. The number of amides is 1. The number of quaternary nitrogens is 1. The molecule has 0 spiro atoms. The average Bonchev–Trinajstić information content (AvgIpc) is 2.93. The van der Waals surface area contributed by atoms with Crippen molar-refractivity contribution in [3.05, 3.63) is 95.3 Å². The number of anilines is 1. The zero-order valence-electron chi connectivity index (χ0n) is 22.1. The molecule has 0 radical (unpaired) electrons. The highest BCUT2D eigenvalue weighted by Gasteiger charge is 2.47. The van der Waals surface area contributed by atoms with Crippen molar-refractivity contribution >= 4 is 23.5 Å². The van der Waals surface area contributed by atoms with Crippen molar-refractivity contribution in [2.24, 2.45) is 5.92 Å². The van der Waals surface area contributed by atoms with Gasteiger partial charge in [0.15, 0.2) is 17.7 Å². The summed E-state index contributed by atoms with van der Waals surface area (Å²) in [5.74, 6) is -0.880. The Labute approximate surface area is 232 Å². The van der Waals surface area contributed by atoms with Crippen LogP contribution in [0.4, 0.5) is 23.7 Å². The summed E-state index contributed by atoms with van der Waals surface area (Å²) in [7, 11) is 0. The summed E-state index contributed by atoms with van der Waals surface area (Å²) in [6, 6.07) is 18.1. The summed E-state index contributed by atoms with van der Waals surface area (Å²) in [5.41, 5.74) is 2.12. The molecule has 0 unspecified atom stereocenters. The van der Waals surface area contributed by atoms with E-state index in [1.54, 1.807) is 17.8 Å². The SMILES string of the molecule is Cc1cccc(N(Cc2ccc(F)c(F)c2)C(=O)O[C@H]2C[N+]3(CCCSc4ccccc4F)CCC2CC3)c1. The van der Waals surface area contributed by atoms with Crippen LogP contribution in [0.5, 0.6) is 0 Å². The van der Waals surface area contributed by atoms with Gasteiger partial charge in [0, 0.05) is 41.5 Å². The Morgan fingerprint density at radius 1 is 0.974 bits per heavy atom. The Kier molecular flexibility index (Phi) is 8.52. The number of benzene rings is 3. The fourth-order valence-electron chi connectivity index (χ4n) is 5.88. The molecule has 3 saturated heterocycles. The second-order valence-corrected chi connectivity index (χ2v) is 11.9. The monoisotopic (exact) mass is 555 g/mol. The molecule has 4 nitrogen and oxygen atoms in total. The minimum absolute atomic E-state index is 0.0736. The summed E-state index contributed by atoms with van der Waals surface area (Å²) in [4.78, 5) is 15.8. The van der Waals surface area contributed by atoms with Crippen LogP contribution in [0.2, 0.25) is 0 Å². The van der Waals surface area contributed by atoms with Gasteiger partial charge in [0.2, 0.25) is 0 Å². The Morgan fingerprint density at radius 2 is 1.77 bits per heavy atom. The van der Waals surface area contributed by atoms with E-state index in [1.165, 1.54) is 17.0 Å². The molecule has 0 aliphatic carbocycles. The van der Waals surface area contributed by atoms with Gasteiger partial charge in [-0.2, -0.15) is 0 Å². The number of carbonyl (C=O) groups excluding carboxylic acids is 1. The molecule has 3 aliphatic rings. The van der Waals surface area contributed by atoms with E-state index in [1.807, 2.05) is 43.3 Å². The highest BCUT2D eigenvalue weighted by atomic mass is 32.2. The molecule has 3 fully saturated rings. The quantitative estimate of drug-likeness (QED) is 0.157. The van der Waals surface area contributed by atoms with Crippen LogP contribution in [-0.2, 0) is 11.3 Å². The summed E-state index contributed by atoms with van der Waals surface area (Å²) in [6.07, 6.45) is 2.29. The molecule has 206 valence electrons. The molecule has 2 bridgehead atoms. The first-order valence-corrected chi connectivity index (χ1v) is 14.5. The Balaban J connectivity index is 1.25. The van der Waals surface area contributed by atoms with E-state index in [9.17, 15) is 18.0 Å². The second kappa shape index (κ2) is 12.0. The molecule has 0 N–H and O–H groups in total. The van der Waals surface area contributed by atoms with E-state index in [-0.39, 0.29) is 18.5 Å². The first-order valence-electron chi connectivity index (χ1n) is 13.5. The van der Waals surface area contributed by atoms with Crippen LogP contribution >= 0.6 is 11.8 Å². The zero-order valence-corrected chi connectivity index (χ0v) is 22.9. The van der Waals surface area contributed by atoms with Gasteiger partial charge in [-0.3, -0.25) is 4.90 Å². The van der Waals surface area contributed by atoms with Gasteiger partial charge in [-0.1, -0.05) is 30.3 Å². The number of thioether (sulfide) groups is 1. The Hall–Kier alpha value is -2.97. The number of halogens is 3. The van der Waals surface area contributed by atoms with Crippen molar-refractivity contribution in [1.82, 2.24) is 0 Å². The molecule has 1 atom stereocenters. The highest BCUT2D eigenvalue weighted by molar-refractivity contribution is 7.99. The third-order valence-electron chi connectivity index (χ3n) is 8.02. The van der Waals surface area contributed by atoms with Gasteiger partial charge < -0.3 is 9.22 Å². The molecule has 39 heavy (non-hydrogen) atoms. The van der Waals surface area contributed by atoms with Gasteiger partial charge in [0.1, 0.15) is 12.4 Å². The molecule has 3 aromatic rings. The number of piperidine rings is 3. The molecule has 0 saturated carbocycles. The van der Waals surface area contributed by atoms with Gasteiger partial charge in [-0.15, -0.1) is 11.8 Å². The molecule has 0 aromatic heterocycles. The van der Waals surface area contributed by atoms with Gasteiger partial charge in [-0.25, -0.2) is 18.0 Å². The van der Waals surface area contributed by atoms with Crippen LogP contribution in [0.25, 0.3) is 0 Å². The topological polar surface area (TPSA) is 29.5 Å². The Bertz CT molecular complexity index is 1310. The summed E-state index contributed by atoms with van der Waals surface area (Å²) >= 11 is 1.55. The number of hydrogen-bond acceptors (Lipinski definition) is 3. The molecule has 1 amide bonds. The van der Waals surface area contributed by atoms with E-state index in [0.717, 1.165) is 73.4 Å². The van der Waals surface area contributed by atoms with Crippen LogP contribution in [0, 0.1) is 30.3 Å². The minimum Gasteiger partial charge on any atom is -0.440 e. The first-order chi connectivity index (χ1) is 18.8. The maximum Gasteiger partial charge on any atom is 0.415 e. The normalized spacial score (nSPS) is 22.1. The van der Waals surface area contributed by atoms with E-state index < -0.39 is 17.7 Å². The molecule has 3 heterocycles. The summed E-state index contributed by atoms with van der Waals surface area (Å²) in [5, 5.41) is 0. The van der Waals surface area contributed by atoms with Crippen LogP contribution < -0.4 is 4.90 Å².